The maximum atomic E-state index is 11.8. The van der Waals surface area contributed by atoms with Gasteiger partial charge in [-0.3, -0.25) is 0 Å². The third kappa shape index (κ3) is 3.37. The van der Waals surface area contributed by atoms with Crippen LogP contribution in [0.1, 0.15) is 6.42 Å². The maximum Gasteiger partial charge on any atom is 0.319 e. The van der Waals surface area contributed by atoms with Crippen molar-refractivity contribution >= 4 is 44.2 Å². The van der Waals surface area contributed by atoms with Crippen LogP contribution in [0.25, 0.3) is 10.9 Å². The predicted molar refractivity (Wildman–Crippen MR) is 86.6 cm³/mol. The molecule has 0 saturated carbocycles. The van der Waals surface area contributed by atoms with Gasteiger partial charge in [0.2, 0.25) is 10.0 Å². The molecule has 7 nitrogen and oxygen atoms in total. The number of hydrogen-bond donors (Lipinski definition) is 2. The predicted octanol–water partition coefficient (Wildman–Crippen LogP) is 1.45. The van der Waals surface area contributed by atoms with E-state index in [1.54, 1.807) is 6.07 Å². The molecule has 0 unspecified atom stereocenters. The van der Waals surface area contributed by atoms with E-state index in [0.717, 1.165) is 10.9 Å². The molecular formula is C13H16N4O3S2. The lowest BCUT2D eigenvalue weighted by Crippen LogP contribution is -2.37. The first-order chi connectivity index (χ1) is 10.5. The molecule has 1 aromatic carbocycles. The molecule has 1 aromatic heterocycles. The second-order valence-corrected chi connectivity index (χ2v) is 7.76. The number of nitrogens with zero attached hydrogens (tertiary/aromatic N) is 2. The van der Waals surface area contributed by atoms with Gasteiger partial charge in [-0.05, 0) is 36.2 Å². The molecule has 1 aliphatic rings. The maximum absolute atomic E-state index is 11.8. The highest BCUT2D eigenvalue weighted by molar-refractivity contribution is 7.89. The summed E-state index contributed by atoms with van der Waals surface area (Å²) in [4.78, 5) is 11.8. The number of fused-ring (bicyclic) bond motifs is 1. The van der Waals surface area contributed by atoms with Crippen molar-refractivity contribution in [3.8, 4) is 0 Å². The minimum absolute atomic E-state index is 0.202. The Hall–Kier alpha value is -1.71. The van der Waals surface area contributed by atoms with Gasteiger partial charge in [-0.15, -0.1) is 0 Å². The van der Waals surface area contributed by atoms with Crippen LogP contribution >= 0.6 is 11.5 Å². The van der Waals surface area contributed by atoms with Gasteiger partial charge in [-0.25, -0.2) is 17.5 Å². The van der Waals surface area contributed by atoms with Crippen molar-refractivity contribution in [2.75, 3.05) is 30.7 Å². The first-order valence-electron chi connectivity index (χ1n) is 6.91. The monoisotopic (exact) mass is 340 g/mol. The van der Waals surface area contributed by atoms with Crippen molar-refractivity contribution in [3.63, 3.8) is 0 Å². The van der Waals surface area contributed by atoms with E-state index in [4.69, 9.17) is 0 Å². The highest BCUT2D eigenvalue weighted by Crippen LogP contribution is 2.19. The van der Waals surface area contributed by atoms with Gasteiger partial charge in [0.25, 0.3) is 0 Å². The lowest BCUT2D eigenvalue weighted by Gasteiger charge is -2.14. The lowest BCUT2D eigenvalue weighted by molar-refractivity contribution is 0.251. The summed E-state index contributed by atoms with van der Waals surface area (Å²) in [6.07, 6.45) is 0.656. The number of hydrogen-bond acceptors (Lipinski definition) is 5. The van der Waals surface area contributed by atoms with Crippen molar-refractivity contribution in [1.82, 2.24) is 14.0 Å². The number of nitrogens with one attached hydrogen (secondary N) is 2. The number of anilines is 1. The lowest BCUT2D eigenvalue weighted by atomic mass is 10.2. The number of sulfonamides is 1. The van der Waals surface area contributed by atoms with Crippen molar-refractivity contribution in [2.45, 2.75) is 6.42 Å². The Labute approximate surface area is 132 Å². The minimum Gasteiger partial charge on any atom is -0.337 e. The molecule has 0 aliphatic carbocycles. The van der Waals surface area contributed by atoms with E-state index in [-0.39, 0.29) is 18.3 Å². The van der Waals surface area contributed by atoms with Crippen LogP contribution in [-0.2, 0) is 10.0 Å². The molecule has 0 atom stereocenters. The fraction of sp³-hybridized carbons (Fsp3) is 0.385. The summed E-state index contributed by atoms with van der Waals surface area (Å²) in [6.45, 7) is 1.13. The van der Waals surface area contributed by atoms with Crippen LogP contribution in [0.2, 0.25) is 0 Å². The van der Waals surface area contributed by atoms with Crippen LogP contribution in [0.5, 0.6) is 0 Å². The van der Waals surface area contributed by atoms with Gasteiger partial charge in [0, 0.05) is 36.1 Å². The van der Waals surface area contributed by atoms with Crippen LogP contribution in [0.3, 0.4) is 0 Å². The summed E-state index contributed by atoms with van der Waals surface area (Å²) >= 11 is 1.37. The number of carbonyl (C=O) groups is 1. The smallest absolute Gasteiger partial charge is 0.319 e. The van der Waals surface area contributed by atoms with Crippen molar-refractivity contribution < 1.29 is 13.2 Å². The van der Waals surface area contributed by atoms with Crippen LogP contribution in [-0.4, -0.2) is 48.5 Å². The van der Waals surface area contributed by atoms with E-state index in [9.17, 15) is 13.2 Å². The summed E-state index contributed by atoms with van der Waals surface area (Å²) in [6, 6.07) is 5.13. The average Bonchev–Trinajstić information content (AvgIpc) is 3.05. The standard InChI is InChI=1S/C13H16N4O3S2/c18-13(14-4-6-17-5-1-7-22(17,19)20)15-11-2-3-12-10(8-11)9-21-16-12/h2-3,8-9H,1,4-7H2,(H2,14,15,18). The molecule has 2 amide bonds. The Kier molecular flexibility index (Phi) is 4.27. The largest absolute Gasteiger partial charge is 0.337 e. The quantitative estimate of drug-likeness (QED) is 0.881. The summed E-state index contributed by atoms with van der Waals surface area (Å²) in [5.41, 5.74) is 1.58. The van der Waals surface area contributed by atoms with Crippen molar-refractivity contribution in [2.24, 2.45) is 0 Å². The van der Waals surface area contributed by atoms with E-state index in [0.29, 0.717) is 25.2 Å². The molecule has 118 valence electrons. The zero-order chi connectivity index (χ0) is 15.6. The van der Waals surface area contributed by atoms with E-state index >= 15 is 0 Å². The summed E-state index contributed by atoms with van der Waals surface area (Å²) < 4.78 is 28.9. The van der Waals surface area contributed by atoms with Gasteiger partial charge in [0.1, 0.15) is 0 Å². The van der Waals surface area contributed by atoms with Crippen LogP contribution in [0, 0.1) is 0 Å². The number of aromatic nitrogens is 1. The number of amides is 2. The van der Waals surface area contributed by atoms with Gasteiger partial charge >= 0.3 is 6.03 Å². The van der Waals surface area contributed by atoms with Gasteiger partial charge in [-0.1, -0.05) is 0 Å². The van der Waals surface area contributed by atoms with E-state index in [1.807, 2.05) is 17.5 Å². The van der Waals surface area contributed by atoms with Crippen molar-refractivity contribution in [1.29, 1.82) is 0 Å². The Balaban J connectivity index is 1.50. The number of carbonyl (C=O) groups excluding carboxylic acids is 1. The van der Waals surface area contributed by atoms with E-state index in [2.05, 4.69) is 15.0 Å². The Morgan fingerprint density at radius 2 is 2.27 bits per heavy atom. The summed E-state index contributed by atoms with van der Waals surface area (Å²) in [7, 11) is -3.11. The molecule has 22 heavy (non-hydrogen) atoms. The normalized spacial score (nSPS) is 17.6. The van der Waals surface area contributed by atoms with Crippen LogP contribution in [0.4, 0.5) is 10.5 Å². The Morgan fingerprint density at radius 1 is 1.41 bits per heavy atom. The number of rotatable bonds is 4. The molecule has 0 spiro atoms. The van der Waals surface area contributed by atoms with Crippen molar-refractivity contribution in [3.05, 3.63) is 23.6 Å². The summed E-state index contributed by atoms with van der Waals surface area (Å²) in [5, 5.41) is 8.29. The molecule has 3 rings (SSSR count). The van der Waals surface area contributed by atoms with Gasteiger partial charge < -0.3 is 10.6 Å². The Bertz CT molecular complexity index is 787. The zero-order valence-corrected chi connectivity index (χ0v) is 13.4. The third-order valence-corrected chi connectivity index (χ3v) is 6.08. The van der Waals surface area contributed by atoms with Crippen LogP contribution < -0.4 is 10.6 Å². The molecule has 1 saturated heterocycles. The first kappa shape index (κ1) is 15.2. The Morgan fingerprint density at radius 3 is 3.05 bits per heavy atom. The number of benzene rings is 1. The first-order valence-corrected chi connectivity index (χ1v) is 9.36. The van der Waals surface area contributed by atoms with E-state index < -0.39 is 10.0 Å². The van der Waals surface area contributed by atoms with Gasteiger partial charge in [0.05, 0.1) is 11.3 Å². The minimum atomic E-state index is -3.11. The SMILES string of the molecule is O=C(NCCN1CCCS1(=O)=O)Nc1ccc2nscc2c1. The van der Waals surface area contributed by atoms with Gasteiger partial charge in [-0.2, -0.15) is 4.37 Å². The fourth-order valence-corrected chi connectivity index (χ4v) is 4.53. The van der Waals surface area contributed by atoms with Gasteiger partial charge in [0.15, 0.2) is 0 Å². The molecule has 2 heterocycles. The highest BCUT2D eigenvalue weighted by Gasteiger charge is 2.27. The molecule has 9 heteroatoms. The summed E-state index contributed by atoms with van der Waals surface area (Å²) in [5.74, 6) is 0.202. The molecule has 1 fully saturated rings. The molecule has 2 N–H and O–H groups in total. The second-order valence-electron chi connectivity index (χ2n) is 5.04. The average molecular weight is 340 g/mol. The molecule has 2 aromatic rings. The third-order valence-electron chi connectivity index (χ3n) is 3.47. The molecule has 1 aliphatic heterocycles. The number of urea groups is 1. The topological polar surface area (TPSA) is 91.4 Å². The highest BCUT2D eigenvalue weighted by atomic mass is 32.2. The zero-order valence-electron chi connectivity index (χ0n) is 11.8. The fourth-order valence-electron chi connectivity index (χ4n) is 2.36. The second kappa shape index (κ2) is 6.19. The van der Waals surface area contributed by atoms with E-state index in [1.165, 1.54) is 15.8 Å². The molecule has 0 bridgehead atoms. The van der Waals surface area contributed by atoms with Crippen LogP contribution in [0.15, 0.2) is 23.6 Å². The molecule has 0 radical (unpaired) electrons. The molecular weight excluding hydrogens is 324 g/mol.